The smallest absolute Gasteiger partial charge is 0.269 e. The molecule has 2 N–H and O–H groups in total. The molecule has 0 unspecified atom stereocenters. The molecule has 5 heteroatoms. The van der Waals surface area contributed by atoms with Crippen LogP contribution < -0.4 is 10.9 Å². The second kappa shape index (κ2) is 7.45. The maximum Gasteiger partial charge on any atom is 0.269 e. The molecular formula is C13H18N2O3. The number of carbonyl (C=O) groups excluding carboxylic acids is 2. The van der Waals surface area contributed by atoms with Crippen molar-refractivity contribution < 1.29 is 14.3 Å². The van der Waals surface area contributed by atoms with Gasteiger partial charge in [0.2, 0.25) is 0 Å². The molecule has 1 aromatic rings. The van der Waals surface area contributed by atoms with Crippen molar-refractivity contribution in [3.05, 3.63) is 35.4 Å². The van der Waals surface area contributed by atoms with Gasteiger partial charge in [-0.2, -0.15) is 0 Å². The normalized spacial score (nSPS) is 9.89. The average Bonchev–Trinajstić information content (AvgIpc) is 2.42. The van der Waals surface area contributed by atoms with Gasteiger partial charge in [0.15, 0.2) is 0 Å². The van der Waals surface area contributed by atoms with Crippen LogP contribution in [0.2, 0.25) is 0 Å². The van der Waals surface area contributed by atoms with Crippen LogP contribution in [0.15, 0.2) is 24.3 Å². The van der Waals surface area contributed by atoms with Crippen LogP contribution in [0.25, 0.3) is 0 Å². The summed E-state index contributed by atoms with van der Waals surface area (Å²) in [6, 6.07) is 7.22. The summed E-state index contributed by atoms with van der Waals surface area (Å²) < 4.78 is 4.90. The van der Waals surface area contributed by atoms with E-state index < -0.39 is 0 Å². The molecule has 0 spiro atoms. The Kier molecular flexibility index (Phi) is 5.87. The monoisotopic (exact) mass is 250 g/mol. The van der Waals surface area contributed by atoms with Crippen LogP contribution in [0, 0.1) is 0 Å². The first kappa shape index (κ1) is 14.2. The first-order valence-corrected chi connectivity index (χ1v) is 5.93. The van der Waals surface area contributed by atoms with Gasteiger partial charge < -0.3 is 4.74 Å². The minimum Gasteiger partial charge on any atom is -0.372 e. The van der Waals surface area contributed by atoms with Gasteiger partial charge in [-0.3, -0.25) is 20.4 Å². The summed E-state index contributed by atoms with van der Waals surface area (Å²) in [5.41, 5.74) is 6.27. The number of hydrogen-bond acceptors (Lipinski definition) is 3. The summed E-state index contributed by atoms with van der Waals surface area (Å²) in [6.07, 6.45) is 0.924. The van der Waals surface area contributed by atoms with E-state index in [0.717, 1.165) is 12.0 Å². The third-order valence-corrected chi connectivity index (χ3v) is 2.38. The number of hydrogen-bond donors (Lipinski definition) is 2. The number of rotatable bonds is 5. The zero-order valence-electron chi connectivity index (χ0n) is 10.7. The van der Waals surface area contributed by atoms with Crippen molar-refractivity contribution in [3.8, 4) is 0 Å². The standard InChI is InChI=1S/C13H18N2O3/c1-3-10-5-7-11(8-6-10)13(17)15-14-12(16)9-18-4-2/h5-8H,3-4,9H2,1-2H3,(H,14,16)(H,15,17). The van der Waals surface area contributed by atoms with Crippen molar-refractivity contribution in [2.45, 2.75) is 20.3 Å². The van der Waals surface area contributed by atoms with E-state index in [0.29, 0.717) is 12.2 Å². The van der Waals surface area contributed by atoms with E-state index in [1.54, 1.807) is 19.1 Å². The fourth-order valence-corrected chi connectivity index (χ4v) is 1.32. The molecule has 0 aromatic heterocycles. The molecule has 0 bridgehead atoms. The van der Waals surface area contributed by atoms with Crippen molar-refractivity contribution >= 4 is 11.8 Å². The lowest BCUT2D eigenvalue weighted by Gasteiger charge is -2.07. The number of benzene rings is 1. The number of hydrazine groups is 1. The zero-order chi connectivity index (χ0) is 13.4. The highest BCUT2D eigenvalue weighted by Crippen LogP contribution is 2.04. The van der Waals surface area contributed by atoms with Gasteiger partial charge in [0.1, 0.15) is 6.61 Å². The molecular weight excluding hydrogens is 232 g/mol. The second-order valence-electron chi connectivity index (χ2n) is 3.69. The number of amides is 2. The molecule has 0 radical (unpaired) electrons. The first-order chi connectivity index (χ1) is 8.67. The van der Waals surface area contributed by atoms with Crippen molar-refractivity contribution in [1.29, 1.82) is 0 Å². The van der Waals surface area contributed by atoms with Crippen molar-refractivity contribution in [2.75, 3.05) is 13.2 Å². The molecule has 0 atom stereocenters. The van der Waals surface area contributed by atoms with Gasteiger partial charge in [-0.15, -0.1) is 0 Å². The van der Waals surface area contributed by atoms with Gasteiger partial charge >= 0.3 is 0 Å². The summed E-state index contributed by atoms with van der Waals surface area (Å²) in [5.74, 6) is -0.724. The number of ether oxygens (including phenoxy) is 1. The van der Waals surface area contributed by atoms with Gasteiger partial charge in [-0.1, -0.05) is 19.1 Å². The maximum atomic E-state index is 11.7. The Bertz CT molecular complexity index is 401. The Balaban J connectivity index is 2.42. The van der Waals surface area contributed by atoms with Crippen LogP contribution >= 0.6 is 0 Å². The maximum absolute atomic E-state index is 11.7. The molecule has 0 aliphatic rings. The highest BCUT2D eigenvalue weighted by Gasteiger charge is 2.06. The van der Waals surface area contributed by atoms with Gasteiger partial charge in [0.05, 0.1) is 0 Å². The van der Waals surface area contributed by atoms with Crippen LogP contribution in [0.1, 0.15) is 29.8 Å². The number of nitrogens with one attached hydrogen (secondary N) is 2. The molecule has 98 valence electrons. The molecule has 0 saturated carbocycles. The Morgan fingerprint density at radius 2 is 1.78 bits per heavy atom. The Hall–Kier alpha value is -1.88. The highest BCUT2D eigenvalue weighted by molar-refractivity contribution is 5.95. The fourth-order valence-electron chi connectivity index (χ4n) is 1.32. The molecule has 0 saturated heterocycles. The van der Waals surface area contributed by atoms with E-state index in [9.17, 15) is 9.59 Å². The van der Waals surface area contributed by atoms with Crippen LogP contribution in [-0.4, -0.2) is 25.0 Å². The molecule has 1 aromatic carbocycles. The topological polar surface area (TPSA) is 67.4 Å². The predicted octanol–water partition coefficient (Wildman–Crippen LogP) is 1.05. The van der Waals surface area contributed by atoms with Gasteiger partial charge in [0, 0.05) is 12.2 Å². The quantitative estimate of drug-likeness (QED) is 0.767. The lowest BCUT2D eigenvalue weighted by molar-refractivity contribution is -0.126. The largest absolute Gasteiger partial charge is 0.372 e. The first-order valence-electron chi connectivity index (χ1n) is 5.93. The van der Waals surface area contributed by atoms with Crippen LogP contribution in [-0.2, 0) is 16.0 Å². The lowest BCUT2D eigenvalue weighted by atomic mass is 10.1. The predicted molar refractivity (Wildman–Crippen MR) is 67.9 cm³/mol. The minimum atomic E-state index is -0.379. The van der Waals surface area contributed by atoms with E-state index >= 15 is 0 Å². The third kappa shape index (κ3) is 4.55. The minimum absolute atomic E-state index is 0.0639. The van der Waals surface area contributed by atoms with Crippen LogP contribution in [0.5, 0.6) is 0 Å². The number of carbonyl (C=O) groups is 2. The van der Waals surface area contributed by atoms with E-state index in [4.69, 9.17) is 4.74 Å². The molecule has 18 heavy (non-hydrogen) atoms. The van der Waals surface area contributed by atoms with E-state index in [1.807, 2.05) is 19.1 Å². The average molecular weight is 250 g/mol. The molecule has 2 amide bonds. The Morgan fingerprint density at radius 3 is 2.33 bits per heavy atom. The zero-order valence-corrected chi connectivity index (χ0v) is 10.7. The van der Waals surface area contributed by atoms with Crippen LogP contribution in [0.4, 0.5) is 0 Å². The van der Waals surface area contributed by atoms with Gasteiger partial charge in [-0.25, -0.2) is 0 Å². The van der Waals surface area contributed by atoms with E-state index in [1.165, 1.54) is 0 Å². The Morgan fingerprint density at radius 1 is 1.11 bits per heavy atom. The van der Waals surface area contributed by atoms with E-state index in [2.05, 4.69) is 10.9 Å². The highest BCUT2D eigenvalue weighted by atomic mass is 16.5. The molecule has 0 aliphatic carbocycles. The summed E-state index contributed by atoms with van der Waals surface area (Å²) in [6.45, 7) is 4.23. The molecule has 0 fully saturated rings. The molecule has 0 heterocycles. The number of aryl methyl sites for hydroxylation is 1. The second-order valence-corrected chi connectivity index (χ2v) is 3.69. The van der Waals surface area contributed by atoms with Gasteiger partial charge in [-0.05, 0) is 31.0 Å². The van der Waals surface area contributed by atoms with Crippen molar-refractivity contribution in [3.63, 3.8) is 0 Å². The summed E-state index contributed by atoms with van der Waals surface area (Å²) in [7, 11) is 0. The van der Waals surface area contributed by atoms with E-state index in [-0.39, 0.29) is 18.4 Å². The Labute approximate surface area is 106 Å². The van der Waals surface area contributed by atoms with Crippen molar-refractivity contribution in [1.82, 2.24) is 10.9 Å². The summed E-state index contributed by atoms with van der Waals surface area (Å²) in [5, 5.41) is 0. The summed E-state index contributed by atoms with van der Waals surface area (Å²) >= 11 is 0. The summed E-state index contributed by atoms with van der Waals surface area (Å²) in [4.78, 5) is 22.8. The molecule has 0 aliphatic heterocycles. The van der Waals surface area contributed by atoms with Gasteiger partial charge in [0.25, 0.3) is 11.8 Å². The fraction of sp³-hybridized carbons (Fsp3) is 0.385. The molecule has 5 nitrogen and oxygen atoms in total. The van der Waals surface area contributed by atoms with Crippen molar-refractivity contribution in [2.24, 2.45) is 0 Å². The molecule has 1 rings (SSSR count). The third-order valence-electron chi connectivity index (χ3n) is 2.38. The SMILES string of the molecule is CCOCC(=O)NNC(=O)c1ccc(CC)cc1. The van der Waals surface area contributed by atoms with Crippen LogP contribution in [0.3, 0.4) is 0 Å². The lowest BCUT2D eigenvalue weighted by Crippen LogP contribution is -2.43.